The Bertz CT molecular complexity index is 2940. The summed E-state index contributed by atoms with van der Waals surface area (Å²) in [5.41, 5.74) is 9.87. The van der Waals surface area contributed by atoms with E-state index in [4.69, 9.17) is 24.1 Å². The smallest absolute Gasteiger partial charge is 0.305 e. The number of β-amino-alcohol motifs (C(OH)–C–C–N with tert-alkyl or cyclic N) is 1. The molecule has 2 atom stereocenters. The van der Waals surface area contributed by atoms with Crippen LogP contribution >= 0.6 is 31.9 Å². The fourth-order valence-electron chi connectivity index (χ4n) is 8.05. The quantitative estimate of drug-likeness (QED) is 0.0614. The Balaban J connectivity index is 1.08. The number of aliphatic carboxylic acids is 1. The number of halogens is 2. The van der Waals surface area contributed by atoms with Crippen molar-refractivity contribution in [1.82, 2.24) is 14.9 Å². The number of pyridine rings is 2. The average molecular weight is 1060 g/mol. The minimum absolute atomic E-state index is 0.0712. The number of aliphatic hydroxyl groups is 2. The largest absolute Gasteiger partial charge is 0.488 e. The first kappa shape index (κ1) is 50.1. The number of hydrogen-bond donors (Lipinski definition) is 3. The minimum atomic E-state index is -1.05. The zero-order valence-corrected chi connectivity index (χ0v) is 41.1. The van der Waals surface area contributed by atoms with Crippen LogP contribution in [0.1, 0.15) is 81.3 Å². The van der Waals surface area contributed by atoms with Gasteiger partial charge in [-0.05, 0) is 128 Å². The van der Waals surface area contributed by atoms with E-state index in [2.05, 4.69) is 79.9 Å². The highest BCUT2D eigenvalue weighted by Gasteiger charge is 2.29. The lowest BCUT2D eigenvalue weighted by Crippen LogP contribution is -2.25. The molecule has 14 nitrogen and oxygen atoms in total. The maximum atomic E-state index is 12.6. The number of benzene rings is 4. The van der Waals surface area contributed by atoms with Crippen LogP contribution in [0.25, 0.3) is 11.1 Å². The van der Waals surface area contributed by atoms with Crippen molar-refractivity contribution in [2.24, 2.45) is 0 Å². The zero-order valence-electron chi connectivity index (χ0n) is 38.0. The molecule has 7 rings (SSSR count). The number of aliphatic hydroxyl groups excluding tert-OH is 2. The summed E-state index contributed by atoms with van der Waals surface area (Å²) < 4.78 is 26.9. The molecule has 2 aromatic heterocycles. The summed E-state index contributed by atoms with van der Waals surface area (Å²) in [6.45, 7) is 5.34. The van der Waals surface area contributed by atoms with Crippen LogP contribution in [0.3, 0.4) is 0 Å². The third-order valence-corrected chi connectivity index (χ3v) is 13.0. The molecular weight excluding hydrogens is 1010 g/mol. The molecule has 354 valence electrons. The molecule has 4 aromatic carbocycles. The maximum Gasteiger partial charge on any atom is 0.305 e. The van der Waals surface area contributed by atoms with Crippen LogP contribution in [0.4, 0.5) is 0 Å². The SMILES string of the molecule is Cc1c(COc2cc(OCc3cncc(C#N)c3)c(CCC[C@@H](O)CC(=O)O)cc2Br)cccc1-c1cccc(COc2cc(OCc3cncc(C#N)c3)c(CN3C[C@@H](O)CC3=O)cc2Br)c1C. The van der Waals surface area contributed by atoms with Crippen molar-refractivity contribution in [1.29, 1.82) is 10.5 Å². The number of hydrogen-bond acceptors (Lipinski definition) is 12. The summed E-state index contributed by atoms with van der Waals surface area (Å²) in [7, 11) is 0. The number of aromatic nitrogens is 2. The van der Waals surface area contributed by atoms with Crippen molar-refractivity contribution >= 4 is 43.7 Å². The minimum Gasteiger partial charge on any atom is -0.488 e. The average Bonchev–Trinajstić information content (AvgIpc) is 3.65. The van der Waals surface area contributed by atoms with Crippen molar-refractivity contribution in [3.63, 3.8) is 0 Å². The Hall–Kier alpha value is -6.82. The van der Waals surface area contributed by atoms with Gasteiger partial charge in [-0.1, -0.05) is 36.4 Å². The van der Waals surface area contributed by atoms with Crippen LogP contribution in [-0.2, 0) is 49.0 Å². The van der Waals surface area contributed by atoms with Crippen LogP contribution in [0.15, 0.2) is 107 Å². The molecule has 3 heterocycles. The Morgan fingerprint density at radius 1 is 0.739 bits per heavy atom. The van der Waals surface area contributed by atoms with Crippen LogP contribution in [-0.4, -0.2) is 60.8 Å². The number of amides is 1. The first-order valence-electron chi connectivity index (χ1n) is 22.2. The molecule has 3 N–H and O–H groups in total. The number of ether oxygens (including phenoxy) is 4. The van der Waals surface area contributed by atoms with Gasteiger partial charge in [0.25, 0.3) is 0 Å². The van der Waals surface area contributed by atoms with E-state index < -0.39 is 18.2 Å². The highest BCUT2D eigenvalue weighted by atomic mass is 79.9. The van der Waals surface area contributed by atoms with Crippen molar-refractivity contribution in [2.75, 3.05) is 6.54 Å². The van der Waals surface area contributed by atoms with E-state index in [1.165, 1.54) is 12.4 Å². The van der Waals surface area contributed by atoms with E-state index in [0.717, 1.165) is 44.5 Å². The number of nitriles is 2. The predicted molar refractivity (Wildman–Crippen MR) is 262 cm³/mol. The van der Waals surface area contributed by atoms with Gasteiger partial charge >= 0.3 is 5.97 Å². The van der Waals surface area contributed by atoms with Gasteiger partial charge in [0.15, 0.2) is 0 Å². The fraction of sp³-hybridized carbons (Fsp3) is 0.283. The molecule has 0 radical (unpaired) electrons. The molecule has 0 saturated carbocycles. The normalized spacial score (nSPS) is 13.7. The van der Waals surface area contributed by atoms with Gasteiger partial charge in [0.05, 0.1) is 45.1 Å². The molecule has 0 spiro atoms. The van der Waals surface area contributed by atoms with Gasteiger partial charge in [0.2, 0.25) is 5.91 Å². The second kappa shape index (κ2) is 23.5. The highest BCUT2D eigenvalue weighted by Crippen LogP contribution is 2.38. The fourth-order valence-corrected chi connectivity index (χ4v) is 9.06. The lowest BCUT2D eigenvalue weighted by Gasteiger charge is -2.21. The number of aryl methyl sites for hydroxylation is 1. The highest BCUT2D eigenvalue weighted by molar-refractivity contribution is 9.11. The number of carboxylic acid groups (broad SMARTS) is 1. The van der Waals surface area contributed by atoms with Gasteiger partial charge in [0.1, 0.15) is 61.6 Å². The standard InChI is InChI=1S/C53H49Br2N5O9/c1-32-39(30-68-50-18-48(66-28-36-12-34(20-56)22-58-24-36)38(14-46(50)54)6-3-9-42(61)17-53(64)65)7-4-10-44(32)45-11-5-8-40(33(45)2)31-69-51-19-49(67-29-37-13-35(21-57)23-59-25-37)41(15-47(51)55)26-60-27-43(62)16-52(60)63/h4-5,7-8,10-15,18-19,22-25,42-43,61-62H,3,6,9,16-17,26-31H2,1-2H3,(H,64,65)/t42-,43+/m1/s1. The molecular formula is C53H49Br2N5O9. The van der Waals surface area contributed by atoms with E-state index >= 15 is 0 Å². The third kappa shape index (κ3) is 13.2. The second-order valence-corrected chi connectivity index (χ2v) is 18.5. The van der Waals surface area contributed by atoms with Crippen LogP contribution < -0.4 is 18.9 Å². The van der Waals surface area contributed by atoms with Crippen molar-refractivity contribution in [2.45, 2.75) is 91.1 Å². The van der Waals surface area contributed by atoms with Gasteiger partial charge < -0.3 is 39.2 Å². The summed E-state index contributed by atoms with van der Waals surface area (Å²) in [5.74, 6) is 0.914. The summed E-state index contributed by atoms with van der Waals surface area (Å²) in [6, 6.07) is 27.2. The second-order valence-electron chi connectivity index (χ2n) is 16.8. The molecule has 0 aliphatic carbocycles. The number of likely N-dealkylation sites (tertiary alicyclic amines) is 1. The Morgan fingerprint density at radius 2 is 1.25 bits per heavy atom. The van der Waals surface area contributed by atoms with Crippen LogP contribution in [0, 0.1) is 36.5 Å². The first-order chi connectivity index (χ1) is 33.3. The molecule has 16 heteroatoms. The predicted octanol–water partition coefficient (Wildman–Crippen LogP) is 9.60. The first-order valence-corrected chi connectivity index (χ1v) is 23.7. The lowest BCUT2D eigenvalue weighted by molar-refractivity contribution is -0.139. The van der Waals surface area contributed by atoms with Crippen LogP contribution in [0.5, 0.6) is 23.0 Å². The van der Waals surface area contributed by atoms with Gasteiger partial charge in [-0.2, -0.15) is 10.5 Å². The molecule has 0 bridgehead atoms. The molecule has 1 aliphatic rings. The third-order valence-electron chi connectivity index (χ3n) is 11.8. The number of nitrogens with zero attached hydrogens (tertiary/aromatic N) is 5. The number of carbonyl (C=O) groups excluding carboxylic acids is 1. The molecule has 1 amide bonds. The monoisotopic (exact) mass is 1060 g/mol. The van der Waals surface area contributed by atoms with E-state index in [1.54, 1.807) is 35.5 Å². The molecule has 6 aromatic rings. The molecule has 1 saturated heterocycles. The summed E-state index contributed by atoms with van der Waals surface area (Å²) in [6.07, 6.45) is 5.64. The molecule has 0 unspecified atom stereocenters. The van der Waals surface area contributed by atoms with Crippen LogP contribution in [0.2, 0.25) is 0 Å². The van der Waals surface area contributed by atoms with Gasteiger partial charge in [-0.25, -0.2) is 0 Å². The van der Waals surface area contributed by atoms with E-state index in [0.29, 0.717) is 73.5 Å². The van der Waals surface area contributed by atoms with E-state index in [1.807, 2.05) is 42.5 Å². The van der Waals surface area contributed by atoms with Crippen molar-refractivity contribution < 1.29 is 43.9 Å². The Labute approximate surface area is 417 Å². The number of carbonyl (C=O) groups is 2. The van der Waals surface area contributed by atoms with Crippen molar-refractivity contribution in [3.8, 4) is 46.3 Å². The lowest BCUT2D eigenvalue weighted by atomic mass is 9.92. The summed E-state index contributed by atoms with van der Waals surface area (Å²) in [5, 5.41) is 48.2. The molecule has 69 heavy (non-hydrogen) atoms. The molecule has 1 fully saturated rings. The number of carboxylic acids is 1. The Kier molecular flexibility index (Phi) is 17.0. The topological polar surface area (TPSA) is 208 Å². The number of rotatable bonds is 21. The van der Waals surface area contributed by atoms with E-state index in [-0.39, 0.29) is 58.3 Å². The summed E-state index contributed by atoms with van der Waals surface area (Å²) >= 11 is 7.37. The molecule has 1 aliphatic heterocycles. The van der Waals surface area contributed by atoms with Gasteiger partial charge in [-0.15, -0.1) is 0 Å². The zero-order chi connectivity index (χ0) is 49.0. The van der Waals surface area contributed by atoms with Gasteiger partial charge in [0, 0.05) is 66.7 Å². The van der Waals surface area contributed by atoms with E-state index in [9.17, 15) is 30.3 Å². The maximum absolute atomic E-state index is 12.6. The summed E-state index contributed by atoms with van der Waals surface area (Å²) in [4.78, 5) is 33.6. The van der Waals surface area contributed by atoms with Crippen molar-refractivity contribution in [3.05, 3.63) is 162 Å². The Morgan fingerprint density at radius 3 is 1.74 bits per heavy atom. The van der Waals surface area contributed by atoms with Gasteiger partial charge in [-0.3, -0.25) is 19.6 Å².